The Kier molecular flexibility index (Phi) is 6.81. The fraction of sp³-hybridized carbons (Fsp3) is 0. The Morgan fingerprint density at radius 2 is 0.824 bits per heavy atom. The molecule has 0 atom stereocenters. The van der Waals surface area contributed by atoms with Crippen molar-refractivity contribution in [1.29, 1.82) is 0 Å². The van der Waals surface area contributed by atoms with Crippen LogP contribution in [-0.4, -0.2) is 9.97 Å². The summed E-state index contributed by atoms with van der Waals surface area (Å²) in [6.07, 6.45) is 0. The second-order valence-electron chi connectivity index (χ2n) is 13.0. The first-order valence-electron chi connectivity index (χ1n) is 17.2. The summed E-state index contributed by atoms with van der Waals surface area (Å²) in [5.74, 6) is 0.700. The van der Waals surface area contributed by atoms with Crippen molar-refractivity contribution in [3.63, 3.8) is 0 Å². The van der Waals surface area contributed by atoms with Gasteiger partial charge in [-0.2, -0.15) is 0 Å². The van der Waals surface area contributed by atoms with Crippen LogP contribution in [0.2, 0.25) is 0 Å². The SMILES string of the molecule is c1ccc(-c2ccc(-c3cc(-c4cccc(-c5ccc6oc7c8ccccc8c8ccccc8c7c6c5)c4)nc(-c4ccccc4)n3)cc2)cc1. The van der Waals surface area contributed by atoms with Gasteiger partial charge >= 0.3 is 0 Å². The molecule has 3 nitrogen and oxygen atoms in total. The lowest BCUT2D eigenvalue weighted by atomic mass is 9.95. The molecule has 10 aromatic rings. The largest absolute Gasteiger partial charge is 0.455 e. The van der Waals surface area contributed by atoms with Gasteiger partial charge in [-0.3, -0.25) is 0 Å². The van der Waals surface area contributed by atoms with Crippen LogP contribution in [0.3, 0.4) is 0 Å². The van der Waals surface area contributed by atoms with Crippen LogP contribution < -0.4 is 0 Å². The van der Waals surface area contributed by atoms with Crippen LogP contribution in [0.5, 0.6) is 0 Å². The zero-order valence-corrected chi connectivity index (χ0v) is 27.6. The van der Waals surface area contributed by atoms with Crippen molar-refractivity contribution in [2.75, 3.05) is 0 Å². The summed E-state index contributed by atoms with van der Waals surface area (Å²) in [4.78, 5) is 10.2. The highest BCUT2D eigenvalue weighted by Gasteiger charge is 2.17. The van der Waals surface area contributed by atoms with E-state index in [1.54, 1.807) is 0 Å². The molecule has 0 aliphatic heterocycles. The van der Waals surface area contributed by atoms with E-state index < -0.39 is 0 Å². The van der Waals surface area contributed by atoms with Crippen LogP contribution in [0.4, 0.5) is 0 Å². The molecule has 238 valence electrons. The van der Waals surface area contributed by atoms with E-state index >= 15 is 0 Å². The molecule has 3 heteroatoms. The third-order valence-electron chi connectivity index (χ3n) is 9.88. The van der Waals surface area contributed by atoms with Crippen molar-refractivity contribution >= 4 is 43.5 Å². The number of fused-ring (bicyclic) bond motifs is 8. The number of furan rings is 1. The summed E-state index contributed by atoms with van der Waals surface area (Å²) in [7, 11) is 0. The van der Waals surface area contributed by atoms with Gasteiger partial charge < -0.3 is 4.42 Å². The van der Waals surface area contributed by atoms with E-state index in [9.17, 15) is 0 Å². The zero-order valence-electron chi connectivity index (χ0n) is 27.6. The van der Waals surface area contributed by atoms with E-state index in [1.807, 2.05) is 24.3 Å². The maximum atomic E-state index is 6.58. The summed E-state index contributed by atoms with van der Waals surface area (Å²) in [6, 6.07) is 63.7. The molecule has 2 heterocycles. The average Bonchev–Trinajstić information content (AvgIpc) is 3.61. The highest BCUT2D eigenvalue weighted by atomic mass is 16.3. The first-order chi connectivity index (χ1) is 25.3. The van der Waals surface area contributed by atoms with Crippen LogP contribution in [0.15, 0.2) is 186 Å². The smallest absolute Gasteiger partial charge is 0.160 e. The van der Waals surface area contributed by atoms with Crippen LogP contribution in [-0.2, 0) is 0 Å². The fourth-order valence-corrected chi connectivity index (χ4v) is 7.37. The fourth-order valence-electron chi connectivity index (χ4n) is 7.37. The van der Waals surface area contributed by atoms with E-state index in [1.165, 1.54) is 27.3 Å². The van der Waals surface area contributed by atoms with Gasteiger partial charge in [0.25, 0.3) is 0 Å². The molecule has 0 bridgehead atoms. The topological polar surface area (TPSA) is 38.9 Å². The maximum absolute atomic E-state index is 6.58. The predicted octanol–water partition coefficient (Wildman–Crippen LogP) is 13.0. The van der Waals surface area contributed by atoms with E-state index in [0.29, 0.717) is 5.82 Å². The molecule has 10 rings (SSSR count). The lowest BCUT2D eigenvalue weighted by molar-refractivity contribution is 0.673. The lowest BCUT2D eigenvalue weighted by Gasteiger charge is -2.11. The van der Waals surface area contributed by atoms with Gasteiger partial charge in [0, 0.05) is 32.8 Å². The predicted molar refractivity (Wildman–Crippen MR) is 212 cm³/mol. The highest BCUT2D eigenvalue weighted by Crippen LogP contribution is 2.42. The lowest BCUT2D eigenvalue weighted by Crippen LogP contribution is -1.96. The van der Waals surface area contributed by atoms with Gasteiger partial charge in [-0.25, -0.2) is 9.97 Å². The van der Waals surface area contributed by atoms with E-state index in [-0.39, 0.29) is 0 Å². The number of aromatic nitrogens is 2. The van der Waals surface area contributed by atoms with Gasteiger partial charge in [0.2, 0.25) is 0 Å². The van der Waals surface area contributed by atoms with E-state index in [4.69, 9.17) is 14.4 Å². The van der Waals surface area contributed by atoms with Gasteiger partial charge in [0.15, 0.2) is 5.82 Å². The maximum Gasteiger partial charge on any atom is 0.160 e. The molecule has 2 aromatic heterocycles. The first-order valence-corrected chi connectivity index (χ1v) is 17.2. The Morgan fingerprint density at radius 3 is 1.57 bits per heavy atom. The van der Waals surface area contributed by atoms with Crippen molar-refractivity contribution in [2.24, 2.45) is 0 Å². The van der Waals surface area contributed by atoms with Gasteiger partial charge in [-0.1, -0.05) is 158 Å². The second kappa shape index (κ2) is 11.9. The first kappa shape index (κ1) is 29.1. The zero-order chi connectivity index (χ0) is 33.7. The van der Waals surface area contributed by atoms with Crippen LogP contribution in [0.25, 0.3) is 99.6 Å². The van der Waals surface area contributed by atoms with Crippen molar-refractivity contribution in [1.82, 2.24) is 9.97 Å². The van der Waals surface area contributed by atoms with E-state index in [0.717, 1.165) is 66.5 Å². The minimum atomic E-state index is 0.700. The number of rotatable bonds is 5. The van der Waals surface area contributed by atoms with Crippen LogP contribution in [0, 0.1) is 0 Å². The Labute approximate surface area is 295 Å². The number of benzene rings is 8. The van der Waals surface area contributed by atoms with Crippen molar-refractivity contribution in [2.45, 2.75) is 0 Å². The minimum absolute atomic E-state index is 0.700. The van der Waals surface area contributed by atoms with E-state index in [2.05, 4.69) is 158 Å². The molecule has 0 saturated carbocycles. The Morgan fingerprint density at radius 1 is 0.314 bits per heavy atom. The molecule has 0 aliphatic rings. The van der Waals surface area contributed by atoms with Gasteiger partial charge in [-0.05, 0) is 62.7 Å². The van der Waals surface area contributed by atoms with Crippen molar-refractivity contribution in [3.8, 4) is 56.2 Å². The summed E-state index contributed by atoms with van der Waals surface area (Å²) in [6.45, 7) is 0. The van der Waals surface area contributed by atoms with Gasteiger partial charge in [0.05, 0.1) is 11.4 Å². The van der Waals surface area contributed by atoms with Gasteiger partial charge in [-0.15, -0.1) is 0 Å². The molecule has 0 radical (unpaired) electrons. The number of hydrogen-bond acceptors (Lipinski definition) is 3. The summed E-state index contributed by atoms with van der Waals surface area (Å²) in [5, 5.41) is 7.05. The molecule has 0 unspecified atom stereocenters. The Hall–Kier alpha value is -6.84. The minimum Gasteiger partial charge on any atom is -0.455 e. The molecular weight excluding hydrogens is 621 g/mol. The van der Waals surface area contributed by atoms with Crippen molar-refractivity contribution < 1.29 is 4.42 Å². The molecule has 51 heavy (non-hydrogen) atoms. The molecule has 0 spiro atoms. The molecule has 0 N–H and O–H groups in total. The molecule has 0 saturated heterocycles. The molecule has 8 aromatic carbocycles. The molecule has 0 aliphatic carbocycles. The Bertz CT molecular complexity index is 2890. The molecule has 0 amide bonds. The van der Waals surface area contributed by atoms with Crippen LogP contribution >= 0.6 is 0 Å². The number of nitrogens with zero attached hydrogens (tertiary/aromatic N) is 2. The molecule has 0 fully saturated rings. The quantitative estimate of drug-likeness (QED) is 0.174. The summed E-state index contributed by atoms with van der Waals surface area (Å²) >= 11 is 0. The normalized spacial score (nSPS) is 11.5. The van der Waals surface area contributed by atoms with Crippen molar-refractivity contribution in [3.05, 3.63) is 182 Å². The monoisotopic (exact) mass is 650 g/mol. The highest BCUT2D eigenvalue weighted by molar-refractivity contribution is 6.30. The molecular formula is C48H30N2O. The summed E-state index contributed by atoms with van der Waals surface area (Å²) < 4.78 is 6.58. The second-order valence-corrected chi connectivity index (χ2v) is 13.0. The average molecular weight is 651 g/mol. The standard InChI is InChI=1S/C48H30N2O/c1-3-12-31(13-4-1)32-22-24-33(25-23-32)43-30-44(50-48(49-43)34-14-5-2-6-15-34)37-17-11-16-35(28-37)36-26-27-45-42(29-36)46-40-20-9-7-18-38(40)39-19-8-10-21-41(39)47(46)51-45/h1-30H. The Balaban J connectivity index is 1.10. The van der Waals surface area contributed by atoms with Crippen LogP contribution in [0.1, 0.15) is 0 Å². The summed E-state index contributed by atoms with van der Waals surface area (Å²) in [5.41, 5.74) is 11.2. The third-order valence-corrected chi connectivity index (χ3v) is 9.88. The third kappa shape index (κ3) is 5.06. The number of hydrogen-bond donors (Lipinski definition) is 0. The van der Waals surface area contributed by atoms with Gasteiger partial charge in [0.1, 0.15) is 11.2 Å².